The van der Waals surface area contributed by atoms with Crippen LogP contribution >= 0.6 is 0 Å². The normalized spacial score (nSPS) is 10.7. The van der Waals surface area contributed by atoms with Crippen molar-refractivity contribution in [2.45, 2.75) is 0 Å². The van der Waals surface area contributed by atoms with E-state index >= 15 is 0 Å². The van der Waals surface area contributed by atoms with Crippen molar-refractivity contribution in [1.82, 2.24) is 9.97 Å². The lowest BCUT2D eigenvalue weighted by Crippen LogP contribution is -2.25. The number of hydrogen-bond acceptors (Lipinski definition) is 6. The van der Waals surface area contributed by atoms with Gasteiger partial charge in [0.2, 0.25) is 5.88 Å². The molecule has 0 bridgehead atoms. The van der Waals surface area contributed by atoms with E-state index in [2.05, 4.69) is 10.5 Å². The first-order valence-corrected chi connectivity index (χ1v) is 5.65. The third-order valence-electron chi connectivity index (χ3n) is 2.48. The summed E-state index contributed by atoms with van der Waals surface area (Å²) in [6, 6.07) is 5.73. The number of anilines is 1. The molecule has 9 nitrogen and oxygen atoms in total. The highest BCUT2D eigenvalue weighted by Crippen LogP contribution is 2.09. The Kier molecular flexibility index (Phi) is 3.84. The third kappa shape index (κ3) is 3.35. The molecular formula is C12H10N4O5. The summed E-state index contributed by atoms with van der Waals surface area (Å²) in [5.74, 6) is -1.65. The Balaban J connectivity index is 2.14. The van der Waals surface area contributed by atoms with Gasteiger partial charge in [0, 0.05) is 0 Å². The Morgan fingerprint density at radius 3 is 2.43 bits per heavy atom. The quantitative estimate of drug-likeness (QED) is 0.392. The van der Waals surface area contributed by atoms with Gasteiger partial charge in [-0.05, 0) is 24.3 Å². The van der Waals surface area contributed by atoms with Gasteiger partial charge in [0.1, 0.15) is 5.56 Å². The molecule has 0 saturated heterocycles. The topological polar surface area (TPSA) is 148 Å². The summed E-state index contributed by atoms with van der Waals surface area (Å²) >= 11 is 0. The molecule has 0 atom stereocenters. The molecule has 0 spiro atoms. The lowest BCUT2D eigenvalue weighted by Gasteiger charge is -2.01. The molecule has 0 aliphatic heterocycles. The van der Waals surface area contributed by atoms with Gasteiger partial charge in [-0.1, -0.05) is 0 Å². The summed E-state index contributed by atoms with van der Waals surface area (Å²) in [6.07, 6.45) is 1.02. The first kappa shape index (κ1) is 14.1. The van der Waals surface area contributed by atoms with E-state index < -0.39 is 23.1 Å². The average Bonchev–Trinajstić information content (AvgIpc) is 2.42. The molecule has 2 rings (SSSR count). The molecule has 0 aliphatic carbocycles. The van der Waals surface area contributed by atoms with Gasteiger partial charge in [0.15, 0.2) is 0 Å². The predicted molar refractivity (Wildman–Crippen MR) is 74.0 cm³/mol. The number of H-pyrrole nitrogens is 2. The zero-order chi connectivity index (χ0) is 15.4. The van der Waals surface area contributed by atoms with Crippen LogP contribution < -0.4 is 16.7 Å². The number of carboxylic acids is 1. The number of aromatic hydroxyl groups is 1. The van der Waals surface area contributed by atoms with Crippen molar-refractivity contribution in [3.8, 4) is 5.88 Å². The fourth-order valence-corrected chi connectivity index (χ4v) is 1.46. The number of rotatable bonds is 4. The molecule has 108 valence electrons. The van der Waals surface area contributed by atoms with Gasteiger partial charge in [-0.2, -0.15) is 5.10 Å². The van der Waals surface area contributed by atoms with E-state index in [1.54, 1.807) is 0 Å². The second-order valence-corrected chi connectivity index (χ2v) is 3.92. The number of aromatic nitrogens is 2. The number of hydrazone groups is 1. The number of benzene rings is 1. The molecule has 0 radical (unpaired) electrons. The van der Waals surface area contributed by atoms with Crippen LogP contribution in [0, 0.1) is 0 Å². The number of nitrogens with zero attached hydrogens (tertiary/aromatic N) is 1. The lowest BCUT2D eigenvalue weighted by atomic mass is 10.2. The fourth-order valence-electron chi connectivity index (χ4n) is 1.46. The predicted octanol–water partition coefficient (Wildman–Crippen LogP) is -0.0870. The minimum absolute atomic E-state index is 0.124. The molecular weight excluding hydrogens is 280 g/mol. The van der Waals surface area contributed by atoms with Crippen molar-refractivity contribution < 1.29 is 15.0 Å². The van der Waals surface area contributed by atoms with Gasteiger partial charge >= 0.3 is 11.7 Å². The Labute approximate surface area is 116 Å². The van der Waals surface area contributed by atoms with Crippen molar-refractivity contribution in [1.29, 1.82) is 0 Å². The van der Waals surface area contributed by atoms with Crippen molar-refractivity contribution in [2.24, 2.45) is 5.10 Å². The summed E-state index contributed by atoms with van der Waals surface area (Å²) in [7, 11) is 0. The summed E-state index contributed by atoms with van der Waals surface area (Å²) in [5, 5.41) is 21.9. The number of aromatic amines is 2. The van der Waals surface area contributed by atoms with Gasteiger partial charge in [0.25, 0.3) is 5.56 Å². The van der Waals surface area contributed by atoms with Crippen LogP contribution in [0.5, 0.6) is 5.88 Å². The van der Waals surface area contributed by atoms with E-state index in [-0.39, 0.29) is 11.1 Å². The molecule has 1 aromatic carbocycles. The molecule has 0 unspecified atom stereocenters. The number of carboxylic acid groups (broad SMARTS) is 1. The highest BCUT2D eigenvalue weighted by Gasteiger charge is 2.05. The fraction of sp³-hybridized carbons (Fsp3) is 0. The second kappa shape index (κ2) is 5.74. The Bertz CT molecular complexity index is 804. The molecule has 1 heterocycles. The molecule has 0 fully saturated rings. The summed E-state index contributed by atoms with van der Waals surface area (Å²) < 4.78 is 0. The zero-order valence-electron chi connectivity index (χ0n) is 10.5. The average molecular weight is 290 g/mol. The largest absolute Gasteiger partial charge is 0.494 e. The highest BCUT2D eigenvalue weighted by molar-refractivity contribution is 5.88. The van der Waals surface area contributed by atoms with Crippen LogP contribution in [0.15, 0.2) is 39.0 Å². The Hall–Kier alpha value is -3.36. The molecule has 1 aromatic heterocycles. The van der Waals surface area contributed by atoms with E-state index in [0.29, 0.717) is 5.69 Å². The smallest absolute Gasteiger partial charge is 0.335 e. The molecule has 0 amide bonds. The highest BCUT2D eigenvalue weighted by atomic mass is 16.4. The van der Waals surface area contributed by atoms with Gasteiger partial charge in [0.05, 0.1) is 17.5 Å². The standard InChI is InChI=1S/C12H10N4O5/c17-9-8(10(18)15-12(21)14-9)5-13-16-7-3-1-6(2-4-7)11(19)20/h1-5,16H,(H,19,20)(H3,14,15,17,18,21)/b13-5-. The Morgan fingerprint density at radius 2 is 1.86 bits per heavy atom. The monoisotopic (exact) mass is 290 g/mol. The summed E-state index contributed by atoms with van der Waals surface area (Å²) in [4.78, 5) is 36.9. The second-order valence-electron chi connectivity index (χ2n) is 3.92. The minimum atomic E-state index is -1.05. The SMILES string of the molecule is O=C(O)c1ccc(N/N=C\c2c(O)[nH]c(=O)[nH]c2=O)cc1. The third-order valence-corrected chi connectivity index (χ3v) is 2.48. The lowest BCUT2D eigenvalue weighted by molar-refractivity contribution is 0.0697. The first-order valence-electron chi connectivity index (χ1n) is 5.65. The summed E-state index contributed by atoms with van der Waals surface area (Å²) in [6.45, 7) is 0. The molecule has 0 saturated carbocycles. The molecule has 2 aromatic rings. The maximum absolute atomic E-state index is 11.4. The van der Waals surface area contributed by atoms with Gasteiger partial charge in [-0.25, -0.2) is 9.59 Å². The van der Waals surface area contributed by atoms with Crippen LogP contribution in [-0.2, 0) is 0 Å². The molecule has 5 N–H and O–H groups in total. The maximum Gasteiger partial charge on any atom is 0.335 e. The van der Waals surface area contributed by atoms with Crippen LogP contribution in [0.1, 0.15) is 15.9 Å². The van der Waals surface area contributed by atoms with E-state index in [1.807, 2.05) is 9.97 Å². The Morgan fingerprint density at radius 1 is 1.19 bits per heavy atom. The molecule has 21 heavy (non-hydrogen) atoms. The number of aromatic carboxylic acids is 1. The van der Waals surface area contributed by atoms with Crippen molar-refractivity contribution in [2.75, 3.05) is 5.43 Å². The van der Waals surface area contributed by atoms with Crippen molar-refractivity contribution >= 4 is 17.9 Å². The zero-order valence-corrected chi connectivity index (χ0v) is 10.5. The van der Waals surface area contributed by atoms with E-state index in [4.69, 9.17) is 5.11 Å². The molecule has 9 heteroatoms. The summed E-state index contributed by atoms with van der Waals surface area (Å²) in [5.41, 5.74) is 1.32. The number of carbonyl (C=O) groups is 1. The van der Waals surface area contributed by atoms with E-state index in [1.165, 1.54) is 24.3 Å². The van der Waals surface area contributed by atoms with E-state index in [0.717, 1.165) is 6.21 Å². The van der Waals surface area contributed by atoms with Crippen molar-refractivity contribution in [3.63, 3.8) is 0 Å². The molecule has 0 aliphatic rings. The van der Waals surface area contributed by atoms with Crippen LogP contribution in [0.4, 0.5) is 5.69 Å². The van der Waals surface area contributed by atoms with Crippen LogP contribution in [-0.4, -0.2) is 32.4 Å². The van der Waals surface area contributed by atoms with Gasteiger partial charge in [-0.15, -0.1) is 0 Å². The minimum Gasteiger partial charge on any atom is -0.494 e. The van der Waals surface area contributed by atoms with Crippen LogP contribution in [0.3, 0.4) is 0 Å². The van der Waals surface area contributed by atoms with Crippen LogP contribution in [0.25, 0.3) is 0 Å². The number of hydrogen-bond donors (Lipinski definition) is 5. The van der Waals surface area contributed by atoms with Crippen molar-refractivity contribution in [3.05, 3.63) is 56.2 Å². The van der Waals surface area contributed by atoms with Gasteiger partial charge < -0.3 is 10.2 Å². The first-order chi connectivity index (χ1) is 9.97. The maximum atomic E-state index is 11.4. The number of nitrogens with one attached hydrogen (secondary N) is 3. The van der Waals surface area contributed by atoms with E-state index in [9.17, 15) is 19.5 Å². The van der Waals surface area contributed by atoms with Crippen LogP contribution in [0.2, 0.25) is 0 Å². The van der Waals surface area contributed by atoms with Gasteiger partial charge in [-0.3, -0.25) is 20.2 Å².